The zero-order valence-electron chi connectivity index (χ0n) is 10.6. The monoisotopic (exact) mass is 306 g/mol. The third-order valence-corrected chi connectivity index (χ3v) is 4.19. The second-order valence-electron chi connectivity index (χ2n) is 4.16. The summed E-state index contributed by atoms with van der Waals surface area (Å²) in [5, 5.41) is 21.3. The number of hydrogen-bond donors (Lipinski definition) is 2. The van der Waals surface area contributed by atoms with Crippen molar-refractivity contribution in [3.63, 3.8) is 0 Å². The lowest BCUT2D eigenvalue weighted by atomic mass is 10.2. The van der Waals surface area contributed by atoms with Crippen molar-refractivity contribution in [3.05, 3.63) is 50.2 Å². The fourth-order valence-corrected chi connectivity index (χ4v) is 2.85. The number of carboxylic acids is 1. The minimum absolute atomic E-state index is 0.324. The molecule has 0 bridgehead atoms. The molecular formula is C14H11ClN2O2S. The van der Waals surface area contributed by atoms with Crippen LogP contribution in [0.5, 0.6) is 0 Å². The van der Waals surface area contributed by atoms with Gasteiger partial charge in [-0.15, -0.1) is 11.3 Å². The van der Waals surface area contributed by atoms with E-state index in [9.17, 15) is 4.79 Å². The predicted octanol–water partition coefficient (Wildman–Crippen LogP) is 3.89. The standard InChI is InChI=1S/C14H11ClN2O2S/c1-8-10(5-13(20-8)14(18)19)7-17-12-3-2-9(6-16)4-11(12)15/h2-5,17H,7H2,1H3,(H,18,19). The lowest BCUT2D eigenvalue weighted by Gasteiger charge is -2.08. The molecule has 0 saturated heterocycles. The van der Waals surface area contributed by atoms with Gasteiger partial charge in [0.05, 0.1) is 22.3 Å². The van der Waals surface area contributed by atoms with Gasteiger partial charge in [0, 0.05) is 11.4 Å². The number of halogens is 1. The number of rotatable bonds is 4. The number of thiophene rings is 1. The molecule has 2 aromatic rings. The van der Waals surface area contributed by atoms with Gasteiger partial charge in [-0.05, 0) is 36.8 Å². The fraction of sp³-hybridized carbons (Fsp3) is 0.143. The molecular weight excluding hydrogens is 296 g/mol. The van der Waals surface area contributed by atoms with E-state index in [4.69, 9.17) is 22.0 Å². The molecule has 1 heterocycles. The molecule has 0 atom stereocenters. The molecule has 1 aromatic heterocycles. The van der Waals surface area contributed by atoms with Crippen molar-refractivity contribution < 1.29 is 9.90 Å². The van der Waals surface area contributed by atoms with Crippen molar-refractivity contribution in [2.75, 3.05) is 5.32 Å². The normalized spacial score (nSPS) is 10.1. The van der Waals surface area contributed by atoms with Crippen LogP contribution in [0, 0.1) is 18.3 Å². The summed E-state index contributed by atoms with van der Waals surface area (Å²) in [5.74, 6) is -0.916. The summed E-state index contributed by atoms with van der Waals surface area (Å²) in [5.41, 5.74) is 2.14. The zero-order chi connectivity index (χ0) is 14.7. The van der Waals surface area contributed by atoms with E-state index >= 15 is 0 Å². The highest BCUT2D eigenvalue weighted by Crippen LogP contribution is 2.26. The van der Waals surface area contributed by atoms with Gasteiger partial charge in [-0.2, -0.15) is 5.26 Å². The van der Waals surface area contributed by atoms with Gasteiger partial charge < -0.3 is 10.4 Å². The second kappa shape index (κ2) is 5.95. The Balaban J connectivity index is 2.13. The molecule has 0 aliphatic carbocycles. The largest absolute Gasteiger partial charge is 0.477 e. The number of anilines is 1. The van der Waals surface area contributed by atoms with Crippen molar-refractivity contribution in [2.45, 2.75) is 13.5 Å². The first-order valence-electron chi connectivity index (χ1n) is 5.77. The number of aryl methyl sites for hydroxylation is 1. The molecule has 0 amide bonds. The van der Waals surface area contributed by atoms with E-state index in [1.54, 1.807) is 24.3 Å². The molecule has 2 N–H and O–H groups in total. The first-order valence-corrected chi connectivity index (χ1v) is 6.97. The van der Waals surface area contributed by atoms with Crippen molar-refractivity contribution >= 4 is 34.6 Å². The summed E-state index contributed by atoms with van der Waals surface area (Å²) in [6.07, 6.45) is 0. The van der Waals surface area contributed by atoms with Gasteiger partial charge in [-0.1, -0.05) is 11.6 Å². The Bertz CT molecular complexity index is 704. The Labute approximate surface area is 125 Å². The Morgan fingerprint density at radius 2 is 2.25 bits per heavy atom. The van der Waals surface area contributed by atoms with Gasteiger partial charge in [0.25, 0.3) is 0 Å². The molecule has 0 spiro atoms. The summed E-state index contributed by atoms with van der Waals surface area (Å²) in [4.78, 5) is 12.2. The highest BCUT2D eigenvalue weighted by Gasteiger charge is 2.11. The van der Waals surface area contributed by atoms with Crippen LogP contribution in [0.15, 0.2) is 24.3 Å². The SMILES string of the molecule is Cc1sc(C(=O)O)cc1CNc1ccc(C#N)cc1Cl. The van der Waals surface area contributed by atoms with E-state index in [2.05, 4.69) is 5.32 Å². The molecule has 0 unspecified atom stereocenters. The molecule has 0 aliphatic heterocycles. The molecule has 0 fully saturated rings. The van der Waals surface area contributed by atoms with Gasteiger partial charge in [-0.3, -0.25) is 0 Å². The van der Waals surface area contributed by atoms with E-state index < -0.39 is 5.97 Å². The number of hydrogen-bond acceptors (Lipinski definition) is 4. The van der Waals surface area contributed by atoms with Gasteiger partial charge in [0.2, 0.25) is 0 Å². The van der Waals surface area contributed by atoms with Crippen LogP contribution in [0.3, 0.4) is 0 Å². The average Bonchev–Trinajstić information content (AvgIpc) is 2.79. The van der Waals surface area contributed by atoms with Gasteiger partial charge in [0.1, 0.15) is 4.88 Å². The van der Waals surface area contributed by atoms with Gasteiger partial charge >= 0.3 is 5.97 Å². The number of benzene rings is 1. The van der Waals surface area contributed by atoms with E-state index in [-0.39, 0.29) is 0 Å². The van der Waals surface area contributed by atoms with Crippen LogP contribution in [0.25, 0.3) is 0 Å². The fourth-order valence-electron chi connectivity index (χ4n) is 1.72. The van der Waals surface area contributed by atoms with Crippen LogP contribution in [0.4, 0.5) is 5.69 Å². The smallest absolute Gasteiger partial charge is 0.345 e. The molecule has 0 aliphatic rings. The molecule has 0 radical (unpaired) electrons. The van der Waals surface area contributed by atoms with Gasteiger partial charge in [0.15, 0.2) is 0 Å². The predicted molar refractivity (Wildman–Crippen MR) is 79.5 cm³/mol. The van der Waals surface area contributed by atoms with Crippen LogP contribution >= 0.6 is 22.9 Å². The molecule has 1 aromatic carbocycles. The first-order chi connectivity index (χ1) is 9.51. The maximum atomic E-state index is 10.9. The number of nitrogens with zero attached hydrogens (tertiary/aromatic N) is 1. The number of nitriles is 1. The second-order valence-corrected chi connectivity index (χ2v) is 5.82. The maximum Gasteiger partial charge on any atom is 0.345 e. The lowest BCUT2D eigenvalue weighted by molar-refractivity contribution is 0.0702. The Morgan fingerprint density at radius 1 is 1.50 bits per heavy atom. The molecule has 0 saturated carbocycles. The molecule has 20 heavy (non-hydrogen) atoms. The van der Waals surface area contributed by atoms with Crippen molar-refractivity contribution in [3.8, 4) is 6.07 Å². The minimum atomic E-state index is -0.916. The molecule has 6 heteroatoms. The van der Waals surface area contributed by atoms with E-state index in [1.165, 1.54) is 11.3 Å². The third-order valence-electron chi connectivity index (χ3n) is 2.80. The van der Waals surface area contributed by atoms with E-state index in [0.717, 1.165) is 10.4 Å². The van der Waals surface area contributed by atoms with Crippen LogP contribution in [-0.2, 0) is 6.54 Å². The van der Waals surface area contributed by atoms with E-state index in [1.807, 2.05) is 13.0 Å². The topological polar surface area (TPSA) is 73.1 Å². The average molecular weight is 307 g/mol. The zero-order valence-corrected chi connectivity index (χ0v) is 12.2. The van der Waals surface area contributed by atoms with E-state index in [0.29, 0.717) is 27.7 Å². The summed E-state index contributed by atoms with van der Waals surface area (Å²) >= 11 is 7.32. The highest BCUT2D eigenvalue weighted by molar-refractivity contribution is 7.14. The first kappa shape index (κ1) is 14.4. The minimum Gasteiger partial charge on any atom is -0.477 e. The summed E-state index contributed by atoms with van der Waals surface area (Å²) < 4.78 is 0. The quantitative estimate of drug-likeness (QED) is 0.898. The maximum absolute atomic E-state index is 10.9. The van der Waals surface area contributed by atoms with Crippen LogP contribution in [0.1, 0.15) is 25.7 Å². The molecule has 102 valence electrons. The highest BCUT2D eigenvalue weighted by atomic mass is 35.5. The van der Waals surface area contributed by atoms with Crippen molar-refractivity contribution in [1.29, 1.82) is 5.26 Å². The van der Waals surface area contributed by atoms with Gasteiger partial charge in [-0.25, -0.2) is 4.79 Å². The number of nitrogens with one attached hydrogen (secondary N) is 1. The number of carboxylic acid groups (broad SMARTS) is 1. The summed E-state index contributed by atoms with van der Waals surface area (Å²) in [7, 11) is 0. The van der Waals surface area contributed by atoms with Crippen LogP contribution < -0.4 is 5.32 Å². The Morgan fingerprint density at radius 3 is 2.80 bits per heavy atom. The van der Waals surface area contributed by atoms with Crippen molar-refractivity contribution in [2.24, 2.45) is 0 Å². The Kier molecular flexibility index (Phi) is 4.28. The number of carbonyl (C=O) groups is 1. The third kappa shape index (κ3) is 3.10. The summed E-state index contributed by atoms with van der Waals surface area (Å²) in [6, 6.07) is 8.68. The Hall–Kier alpha value is -2.03. The lowest BCUT2D eigenvalue weighted by Crippen LogP contribution is -2.00. The van der Waals surface area contributed by atoms with Crippen LogP contribution in [0.2, 0.25) is 5.02 Å². The van der Waals surface area contributed by atoms with Crippen LogP contribution in [-0.4, -0.2) is 11.1 Å². The molecule has 4 nitrogen and oxygen atoms in total. The van der Waals surface area contributed by atoms with Crippen molar-refractivity contribution in [1.82, 2.24) is 0 Å². The number of aromatic carboxylic acids is 1. The molecule has 2 rings (SSSR count). The summed E-state index contributed by atoms with van der Waals surface area (Å²) in [6.45, 7) is 2.37.